The topological polar surface area (TPSA) is 18.7 Å². The molecule has 64 heavy (non-hydrogen) atoms. The summed E-state index contributed by atoms with van der Waals surface area (Å²) in [5.41, 5.74) is 18.1. The highest BCUT2D eigenvalue weighted by atomic mass is 15.0. The summed E-state index contributed by atoms with van der Waals surface area (Å²) in [5, 5.41) is 15.9. The molecule has 0 aliphatic rings. The predicted molar refractivity (Wildman–Crippen MR) is 273 cm³/mol. The van der Waals surface area contributed by atoms with E-state index in [-0.39, 0.29) is 11.8 Å². The number of benzene rings is 9. The molecule has 0 atom stereocenters. The third kappa shape index (κ3) is 3.98. The van der Waals surface area contributed by atoms with Crippen molar-refractivity contribution in [3.63, 3.8) is 0 Å². The van der Waals surface area contributed by atoms with Crippen molar-refractivity contribution >= 4 is 120 Å². The third-order valence-electron chi connectivity index (χ3n) is 14.9. The summed E-state index contributed by atoms with van der Waals surface area (Å²) >= 11 is 0. The average molecular weight is 819 g/mol. The van der Waals surface area contributed by atoms with Gasteiger partial charge in [0.1, 0.15) is 0 Å². The Bertz CT molecular complexity index is 4170. The zero-order valence-electron chi connectivity index (χ0n) is 36.1. The fourth-order valence-corrected chi connectivity index (χ4v) is 12.7. The van der Waals surface area contributed by atoms with Crippen LogP contribution >= 0.6 is 0 Å². The molecule has 9 aromatic carbocycles. The number of hydrogen-bond acceptors (Lipinski definition) is 0. The minimum atomic E-state index is 0.238. The van der Waals surface area contributed by atoms with E-state index in [9.17, 15) is 0 Å². The largest absolute Gasteiger partial charge is 0.309 e. The number of para-hydroxylation sites is 6. The van der Waals surface area contributed by atoms with Gasteiger partial charge in [0.2, 0.25) is 0 Å². The van der Waals surface area contributed by atoms with E-state index >= 15 is 0 Å². The van der Waals surface area contributed by atoms with Crippen molar-refractivity contribution in [2.45, 2.75) is 39.5 Å². The van der Waals surface area contributed by atoms with Crippen LogP contribution in [0.25, 0.3) is 131 Å². The zero-order chi connectivity index (χ0) is 42.3. The smallest absolute Gasteiger partial charge is 0.0642 e. The monoisotopic (exact) mass is 818 g/mol. The van der Waals surface area contributed by atoms with Crippen LogP contribution in [0, 0.1) is 0 Å². The van der Waals surface area contributed by atoms with Crippen molar-refractivity contribution < 1.29 is 0 Å². The van der Waals surface area contributed by atoms with E-state index in [0.717, 1.165) is 0 Å². The molecule has 0 amide bonds. The van der Waals surface area contributed by atoms with Crippen LogP contribution in [0.15, 0.2) is 170 Å². The van der Waals surface area contributed by atoms with Gasteiger partial charge in [-0.3, -0.25) is 0 Å². The molecule has 4 nitrogen and oxygen atoms in total. The minimum Gasteiger partial charge on any atom is -0.309 e. The summed E-state index contributed by atoms with van der Waals surface area (Å²) in [5.74, 6) is 0.475. The molecule has 15 aromatic rings. The maximum atomic E-state index is 2.72. The molecular formula is C60H42N4. The fourth-order valence-electron chi connectivity index (χ4n) is 12.7. The molecule has 0 saturated heterocycles. The highest BCUT2D eigenvalue weighted by Crippen LogP contribution is 2.54. The Kier molecular flexibility index (Phi) is 6.51. The van der Waals surface area contributed by atoms with Crippen LogP contribution in [0.2, 0.25) is 0 Å². The number of hydrogen-bond donors (Lipinski definition) is 0. The van der Waals surface area contributed by atoms with Crippen molar-refractivity contribution in [1.82, 2.24) is 17.9 Å². The van der Waals surface area contributed by atoms with Crippen molar-refractivity contribution in [3.8, 4) is 11.4 Å². The van der Waals surface area contributed by atoms with Gasteiger partial charge in [0.25, 0.3) is 0 Å². The molecule has 0 aliphatic heterocycles. The van der Waals surface area contributed by atoms with Gasteiger partial charge >= 0.3 is 0 Å². The third-order valence-corrected chi connectivity index (χ3v) is 14.9. The van der Waals surface area contributed by atoms with Crippen molar-refractivity contribution in [3.05, 3.63) is 181 Å². The predicted octanol–water partition coefficient (Wildman–Crippen LogP) is 16.4. The normalized spacial score (nSPS) is 13.0. The second-order valence-corrected chi connectivity index (χ2v) is 18.7. The van der Waals surface area contributed by atoms with Gasteiger partial charge in [-0.1, -0.05) is 149 Å². The van der Waals surface area contributed by atoms with E-state index in [4.69, 9.17) is 0 Å². The Morgan fingerprint density at radius 3 is 1.05 bits per heavy atom. The SMILES string of the molecule is CC(C)c1c2c3cccc4c5ccc6c(c7ccccc7n6-c6ccccc6)c5n(c2c(C(C)C)c2c5cccc6c7ccc8c(c9ccccc9n8-c8ccccc8)c7n(c12)c65)c43. The summed E-state index contributed by atoms with van der Waals surface area (Å²) in [4.78, 5) is 0. The second kappa shape index (κ2) is 12.0. The first-order chi connectivity index (χ1) is 31.5. The molecule has 4 heteroatoms. The molecular weight excluding hydrogens is 777 g/mol. The summed E-state index contributed by atoms with van der Waals surface area (Å²) < 4.78 is 10.4. The molecule has 302 valence electrons. The molecule has 0 unspecified atom stereocenters. The van der Waals surface area contributed by atoms with Crippen LogP contribution in [0.5, 0.6) is 0 Å². The number of fused-ring (bicyclic) bond motifs is 20. The van der Waals surface area contributed by atoms with E-state index in [1.807, 2.05) is 0 Å². The van der Waals surface area contributed by atoms with Gasteiger partial charge < -0.3 is 17.9 Å². The zero-order valence-corrected chi connectivity index (χ0v) is 36.1. The van der Waals surface area contributed by atoms with Gasteiger partial charge in [0.05, 0.1) is 55.2 Å². The average Bonchev–Trinajstić information content (AvgIpc) is 4.16. The summed E-state index contributed by atoms with van der Waals surface area (Å²) in [6.45, 7) is 9.69. The van der Waals surface area contributed by atoms with Gasteiger partial charge in [-0.25, -0.2) is 0 Å². The first-order valence-corrected chi connectivity index (χ1v) is 22.9. The van der Waals surface area contributed by atoms with E-state index in [0.29, 0.717) is 0 Å². The Hall–Kier alpha value is -7.82. The van der Waals surface area contributed by atoms with E-state index in [2.05, 4.69) is 215 Å². The van der Waals surface area contributed by atoms with Crippen LogP contribution in [0.4, 0.5) is 0 Å². The molecule has 0 radical (unpaired) electrons. The first kappa shape index (κ1) is 34.7. The summed E-state index contributed by atoms with van der Waals surface area (Å²) in [7, 11) is 0. The Balaban J connectivity index is 1.22. The number of rotatable bonds is 4. The van der Waals surface area contributed by atoms with Crippen LogP contribution in [-0.4, -0.2) is 17.9 Å². The lowest BCUT2D eigenvalue weighted by atomic mass is 9.87. The maximum Gasteiger partial charge on any atom is 0.0642 e. The number of nitrogens with zero attached hydrogens (tertiary/aromatic N) is 4. The van der Waals surface area contributed by atoms with Gasteiger partial charge in [0, 0.05) is 76.0 Å². The Morgan fingerprint density at radius 2 is 0.625 bits per heavy atom. The number of aromatic nitrogens is 4. The van der Waals surface area contributed by atoms with E-state index in [1.54, 1.807) is 0 Å². The lowest BCUT2D eigenvalue weighted by molar-refractivity contribution is 0.869. The van der Waals surface area contributed by atoms with Crippen LogP contribution in [0.1, 0.15) is 50.7 Å². The Morgan fingerprint density at radius 1 is 0.266 bits per heavy atom. The quantitative estimate of drug-likeness (QED) is 0.168. The molecule has 6 heterocycles. The van der Waals surface area contributed by atoms with E-state index in [1.165, 1.54) is 142 Å². The van der Waals surface area contributed by atoms with Crippen LogP contribution < -0.4 is 0 Å². The van der Waals surface area contributed by atoms with Crippen molar-refractivity contribution in [2.75, 3.05) is 0 Å². The molecule has 0 spiro atoms. The van der Waals surface area contributed by atoms with Gasteiger partial charge in [-0.15, -0.1) is 0 Å². The van der Waals surface area contributed by atoms with Crippen LogP contribution in [0.3, 0.4) is 0 Å². The molecule has 0 N–H and O–H groups in total. The summed E-state index contributed by atoms with van der Waals surface area (Å²) in [6.07, 6.45) is 0. The summed E-state index contributed by atoms with van der Waals surface area (Å²) in [6, 6.07) is 63.5. The van der Waals surface area contributed by atoms with Crippen molar-refractivity contribution in [1.29, 1.82) is 0 Å². The lowest BCUT2D eigenvalue weighted by Gasteiger charge is -2.19. The van der Waals surface area contributed by atoms with Crippen molar-refractivity contribution in [2.24, 2.45) is 0 Å². The minimum absolute atomic E-state index is 0.238. The Labute approximate surface area is 368 Å². The second-order valence-electron chi connectivity index (χ2n) is 18.7. The standard InChI is InChI=1S/C60H42N4/c1-33(2)49-53-43-25-15-23-37-40-30-32-48-52(42-22-12-14-28-46(42)62(48)36-19-9-6-10-20-36)58(40)64(55(37)43)60(53)50(34(3)4)54-44-26-16-24-38-39-29-31-47-51(57(39)63(56(38)44)59(49)54)41-21-11-13-27-45(41)61(47)35-17-7-5-8-18-35/h5-34H,1-4H3. The molecule has 6 aromatic heterocycles. The molecule has 0 bridgehead atoms. The van der Waals surface area contributed by atoms with Gasteiger partial charge in [0.15, 0.2) is 0 Å². The molecule has 0 saturated carbocycles. The van der Waals surface area contributed by atoms with Gasteiger partial charge in [-0.05, 0) is 71.5 Å². The lowest BCUT2D eigenvalue weighted by Crippen LogP contribution is -2.01. The molecule has 15 rings (SSSR count). The molecule has 0 aliphatic carbocycles. The highest BCUT2D eigenvalue weighted by molar-refractivity contribution is 6.36. The first-order valence-electron chi connectivity index (χ1n) is 22.9. The highest BCUT2D eigenvalue weighted by Gasteiger charge is 2.32. The van der Waals surface area contributed by atoms with Crippen LogP contribution in [-0.2, 0) is 0 Å². The van der Waals surface area contributed by atoms with E-state index < -0.39 is 0 Å². The maximum absolute atomic E-state index is 2.72. The molecule has 0 fully saturated rings. The van der Waals surface area contributed by atoms with Gasteiger partial charge in [-0.2, -0.15) is 0 Å². The fraction of sp³-hybridized carbons (Fsp3) is 0.100.